The average Bonchev–Trinajstić information content (AvgIpc) is 2.54. The Labute approximate surface area is 150 Å². The summed E-state index contributed by atoms with van der Waals surface area (Å²) >= 11 is 0. The number of nitrogens with zero attached hydrogens (tertiary/aromatic N) is 1. The van der Waals surface area contributed by atoms with Gasteiger partial charge in [-0.05, 0) is 51.6 Å². The summed E-state index contributed by atoms with van der Waals surface area (Å²) in [5, 5.41) is 5.15. The maximum atomic E-state index is 11.4. The molecule has 5 nitrogen and oxygen atoms in total. The van der Waals surface area contributed by atoms with Crippen LogP contribution >= 0.6 is 0 Å². The first kappa shape index (κ1) is 19.4. The smallest absolute Gasteiger partial charge is 0.238 e. The van der Waals surface area contributed by atoms with Crippen molar-refractivity contribution >= 4 is 10.0 Å². The standard InChI is InChI=1S/C19H26N2O3S/c1-14(2)24-19-8-6-5-7-17(19)13-21(4)15(3)16-9-11-18(12-10-16)25(20,22)23/h5-12,14-15H,13H2,1-4H3,(H2,20,22,23). The predicted octanol–water partition coefficient (Wildman–Crippen LogP) is 3.31. The summed E-state index contributed by atoms with van der Waals surface area (Å²) < 4.78 is 28.6. The Balaban J connectivity index is 2.14. The van der Waals surface area contributed by atoms with E-state index in [-0.39, 0.29) is 17.0 Å². The van der Waals surface area contributed by atoms with E-state index in [1.54, 1.807) is 24.3 Å². The molecule has 0 aliphatic rings. The summed E-state index contributed by atoms with van der Waals surface area (Å²) in [5.41, 5.74) is 2.14. The van der Waals surface area contributed by atoms with Crippen molar-refractivity contribution in [1.82, 2.24) is 4.90 Å². The third kappa shape index (κ3) is 5.29. The van der Waals surface area contributed by atoms with E-state index < -0.39 is 10.0 Å². The summed E-state index contributed by atoms with van der Waals surface area (Å²) in [5.74, 6) is 0.890. The molecule has 2 aromatic rings. The molecule has 0 aliphatic heterocycles. The fourth-order valence-electron chi connectivity index (χ4n) is 2.60. The molecule has 0 saturated heterocycles. The summed E-state index contributed by atoms with van der Waals surface area (Å²) in [6.07, 6.45) is 0.120. The maximum absolute atomic E-state index is 11.4. The summed E-state index contributed by atoms with van der Waals surface area (Å²) in [4.78, 5) is 2.32. The molecule has 6 heteroatoms. The Morgan fingerprint density at radius 1 is 1.04 bits per heavy atom. The zero-order valence-electron chi connectivity index (χ0n) is 15.1. The summed E-state index contributed by atoms with van der Waals surface area (Å²) in [6.45, 7) is 6.82. The molecule has 0 bridgehead atoms. The number of sulfonamides is 1. The van der Waals surface area contributed by atoms with E-state index in [9.17, 15) is 8.42 Å². The number of ether oxygens (including phenoxy) is 1. The third-order valence-electron chi connectivity index (χ3n) is 4.11. The number of hydrogen-bond donors (Lipinski definition) is 1. The van der Waals surface area contributed by atoms with Crippen LogP contribution in [0.2, 0.25) is 0 Å². The Morgan fingerprint density at radius 2 is 1.64 bits per heavy atom. The highest BCUT2D eigenvalue weighted by Crippen LogP contribution is 2.26. The van der Waals surface area contributed by atoms with Crippen molar-refractivity contribution in [3.8, 4) is 5.75 Å². The topological polar surface area (TPSA) is 72.6 Å². The molecule has 2 aromatic carbocycles. The highest BCUT2D eigenvalue weighted by atomic mass is 32.2. The van der Waals surface area contributed by atoms with Crippen LogP contribution in [0.5, 0.6) is 5.75 Å². The molecule has 1 unspecified atom stereocenters. The average molecular weight is 362 g/mol. The van der Waals surface area contributed by atoms with Crippen molar-refractivity contribution in [3.63, 3.8) is 0 Å². The Hall–Kier alpha value is -1.89. The molecule has 0 amide bonds. The lowest BCUT2D eigenvalue weighted by molar-refractivity contribution is 0.222. The molecular weight excluding hydrogens is 336 g/mol. The van der Waals surface area contributed by atoms with E-state index in [1.807, 2.05) is 39.1 Å². The largest absolute Gasteiger partial charge is 0.491 e. The second-order valence-electron chi connectivity index (χ2n) is 6.48. The first-order valence-electron chi connectivity index (χ1n) is 8.26. The van der Waals surface area contributed by atoms with Crippen LogP contribution in [0.1, 0.15) is 37.9 Å². The van der Waals surface area contributed by atoms with Gasteiger partial charge in [0.2, 0.25) is 10.0 Å². The van der Waals surface area contributed by atoms with Gasteiger partial charge < -0.3 is 4.74 Å². The van der Waals surface area contributed by atoms with Crippen LogP contribution in [0.3, 0.4) is 0 Å². The number of nitrogens with two attached hydrogens (primary N) is 1. The number of benzene rings is 2. The number of primary sulfonamides is 1. The highest BCUT2D eigenvalue weighted by Gasteiger charge is 2.16. The van der Waals surface area contributed by atoms with Gasteiger partial charge in [0.1, 0.15) is 5.75 Å². The van der Waals surface area contributed by atoms with E-state index in [1.165, 1.54) is 0 Å². The van der Waals surface area contributed by atoms with E-state index in [2.05, 4.69) is 17.9 Å². The van der Waals surface area contributed by atoms with Crippen molar-refractivity contribution in [3.05, 3.63) is 59.7 Å². The van der Waals surface area contributed by atoms with Gasteiger partial charge in [-0.2, -0.15) is 0 Å². The number of hydrogen-bond acceptors (Lipinski definition) is 4. The zero-order chi connectivity index (χ0) is 18.6. The van der Waals surface area contributed by atoms with Gasteiger partial charge in [-0.25, -0.2) is 13.6 Å². The molecule has 0 aromatic heterocycles. The second-order valence-corrected chi connectivity index (χ2v) is 8.04. The Bertz CT molecular complexity index is 802. The molecular formula is C19H26N2O3S. The van der Waals surface area contributed by atoms with Gasteiger partial charge in [0.15, 0.2) is 0 Å². The van der Waals surface area contributed by atoms with Crippen LogP contribution in [0.25, 0.3) is 0 Å². The monoisotopic (exact) mass is 362 g/mol. The van der Waals surface area contributed by atoms with Crippen molar-refractivity contribution in [2.45, 2.75) is 44.4 Å². The normalized spacial score (nSPS) is 13.2. The first-order chi connectivity index (χ1) is 11.7. The molecule has 1 atom stereocenters. The fraction of sp³-hybridized carbons (Fsp3) is 0.368. The van der Waals surface area contributed by atoms with E-state index in [0.29, 0.717) is 0 Å². The molecule has 0 spiro atoms. The number of rotatable bonds is 7. The molecule has 0 saturated carbocycles. The van der Waals surface area contributed by atoms with Crippen LogP contribution in [-0.2, 0) is 16.6 Å². The quantitative estimate of drug-likeness (QED) is 0.820. The van der Waals surface area contributed by atoms with Crippen molar-refractivity contribution in [2.75, 3.05) is 7.05 Å². The fourth-order valence-corrected chi connectivity index (χ4v) is 3.11. The van der Waals surface area contributed by atoms with Gasteiger partial charge in [-0.1, -0.05) is 30.3 Å². The highest BCUT2D eigenvalue weighted by molar-refractivity contribution is 7.89. The molecule has 2 N–H and O–H groups in total. The zero-order valence-corrected chi connectivity index (χ0v) is 16.0. The molecule has 2 rings (SSSR count). The molecule has 0 heterocycles. The van der Waals surface area contributed by atoms with E-state index in [0.717, 1.165) is 23.4 Å². The Morgan fingerprint density at radius 3 is 2.20 bits per heavy atom. The van der Waals surface area contributed by atoms with Crippen LogP contribution in [0.15, 0.2) is 53.4 Å². The molecule has 136 valence electrons. The summed E-state index contributed by atoms with van der Waals surface area (Å²) in [7, 11) is -1.63. The van der Waals surface area contributed by atoms with Gasteiger partial charge in [-0.3, -0.25) is 4.90 Å². The minimum absolute atomic E-state index is 0.113. The molecule has 25 heavy (non-hydrogen) atoms. The van der Waals surface area contributed by atoms with Gasteiger partial charge in [0.05, 0.1) is 11.0 Å². The first-order valence-corrected chi connectivity index (χ1v) is 9.80. The van der Waals surface area contributed by atoms with Gasteiger partial charge in [-0.15, -0.1) is 0 Å². The minimum Gasteiger partial charge on any atom is -0.491 e. The molecule has 0 fully saturated rings. The minimum atomic E-state index is -3.66. The second kappa shape index (κ2) is 7.99. The molecule has 0 radical (unpaired) electrons. The van der Waals surface area contributed by atoms with Gasteiger partial charge in [0.25, 0.3) is 0 Å². The van der Waals surface area contributed by atoms with Gasteiger partial charge >= 0.3 is 0 Å². The van der Waals surface area contributed by atoms with Crippen LogP contribution < -0.4 is 9.88 Å². The predicted molar refractivity (Wildman–Crippen MR) is 99.9 cm³/mol. The van der Waals surface area contributed by atoms with Crippen LogP contribution in [0.4, 0.5) is 0 Å². The Kier molecular flexibility index (Phi) is 6.21. The lowest BCUT2D eigenvalue weighted by atomic mass is 10.1. The third-order valence-corrected chi connectivity index (χ3v) is 5.04. The van der Waals surface area contributed by atoms with Crippen molar-refractivity contribution in [1.29, 1.82) is 0 Å². The van der Waals surface area contributed by atoms with Gasteiger partial charge in [0, 0.05) is 18.2 Å². The summed E-state index contributed by atoms with van der Waals surface area (Å²) in [6, 6.07) is 14.8. The van der Waals surface area contributed by atoms with Crippen molar-refractivity contribution in [2.24, 2.45) is 5.14 Å². The lowest BCUT2D eigenvalue weighted by Gasteiger charge is -2.26. The van der Waals surface area contributed by atoms with Crippen LogP contribution in [0, 0.1) is 0 Å². The molecule has 0 aliphatic carbocycles. The lowest BCUT2D eigenvalue weighted by Crippen LogP contribution is -2.23. The maximum Gasteiger partial charge on any atom is 0.238 e. The number of para-hydroxylation sites is 1. The van der Waals surface area contributed by atoms with E-state index in [4.69, 9.17) is 9.88 Å². The van der Waals surface area contributed by atoms with E-state index >= 15 is 0 Å². The van der Waals surface area contributed by atoms with Crippen molar-refractivity contribution < 1.29 is 13.2 Å². The van der Waals surface area contributed by atoms with Crippen LogP contribution in [-0.4, -0.2) is 26.5 Å². The SMILES string of the molecule is CC(C)Oc1ccccc1CN(C)C(C)c1ccc(S(N)(=O)=O)cc1.